The second kappa shape index (κ2) is 10.5. The molecule has 3 aromatic rings. The number of ether oxygens (including phenoxy) is 1. The summed E-state index contributed by atoms with van der Waals surface area (Å²) in [5.41, 5.74) is 0.466. The molecule has 1 N–H and O–H groups in total. The lowest BCUT2D eigenvalue weighted by molar-refractivity contribution is -0.116. The topological polar surface area (TPSA) is 128 Å². The van der Waals surface area contributed by atoms with Crippen LogP contribution in [-0.2, 0) is 26.1 Å². The van der Waals surface area contributed by atoms with Gasteiger partial charge in [-0.3, -0.25) is 14.2 Å². The second-order valence-electron chi connectivity index (χ2n) is 8.94. The quantitative estimate of drug-likeness (QED) is 0.463. The molecule has 0 bridgehead atoms. The number of aryl methyl sites for hydroxylation is 1. The van der Waals surface area contributed by atoms with Gasteiger partial charge in [0.2, 0.25) is 15.9 Å². The molecule has 1 aromatic carbocycles. The van der Waals surface area contributed by atoms with Crippen LogP contribution in [0.15, 0.2) is 40.3 Å². The molecule has 2 heterocycles. The van der Waals surface area contributed by atoms with Gasteiger partial charge in [-0.2, -0.15) is 0 Å². The lowest BCUT2D eigenvalue weighted by atomic mass is 9.98. The van der Waals surface area contributed by atoms with Crippen molar-refractivity contribution >= 4 is 49.1 Å². The first-order valence-electron chi connectivity index (χ1n) is 11.6. The van der Waals surface area contributed by atoms with Crippen LogP contribution in [0.25, 0.3) is 10.2 Å². The van der Waals surface area contributed by atoms with Gasteiger partial charge in [0, 0.05) is 19.8 Å². The van der Waals surface area contributed by atoms with Crippen LogP contribution in [0.3, 0.4) is 0 Å². The van der Waals surface area contributed by atoms with Crippen molar-refractivity contribution in [1.29, 1.82) is 0 Å². The zero-order valence-corrected chi connectivity index (χ0v) is 21.9. The minimum atomic E-state index is -3.58. The molecular formula is C24H28N4O6S2. The highest BCUT2D eigenvalue weighted by molar-refractivity contribution is 7.89. The van der Waals surface area contributed by atoms with E-state index in [9.17, 15) is 22.8 Å². The van der Waals surface area contributed by atoms with Crippen molar-refractivity contribution in [3.05, 3.63) is 51.4 Å². The van der Waals surface area contributed by atoms with E-state index in [2.05, 4.69) is 10.3 Å². The van der Waals surface area contributed by atoms with E-state index in [1.807, 2.05) is 0 Å². The molecule has 0 saturated heterocycles. The first-order valence-corrected chi connectivity index (χ1v) is 13.9. The van der Waals surface area contributed by atoms with Gasteiger partial charge in [-0.1, -0.05) is 6.42 Å². The Labute approximate surface area is 213 Å². The van der Waals surface area contributed by atoms with E-state index in [1.54, 1.807) is 6.92 Å². The Morgan fingerprint density at radius 2 is 1.83 bits per heavy atom. The van der Waals surface area contributed by atoms with E-state index in [-0.39, 0.29) is 17.5 Å². The standard InChI is InChI=1S/C24H28N4O6S2/c1-15-20-22(35-21(15)24(31)34-17-7-5-4-6-8-17)25-14-28(23(20)30)13-19(29)26-16-9-11-18(12-10-16)36(32,33)27(2)3/h9-12,14,17H,4-8,13H2,1-3H3,(H,26,29). The van der Waals surface area contributed by atoms with Crippen molar-refractivity contribution in [2.75, 3.05) is 19.4 Å². The molecule has 36 heavy (non-hydrogen) atoms. The number of hydrogen-bond acceptors (Lipinski definition) is 8. The van der Waals surface area contributed by atoms with Gasteiger partial charge >= 0.3 is 5.97 Å². The highest BCUT2D eigenvalue weighted by Crippen LogP contribution is 2.29. The van der Waals surface area contributed by atoms with Crippen LogP contribution in [0.1, 0.15) is 47.3 Å². The molecule has 0 radical (unpaired) electrons. The third-order valence-electron chi connectivity index (χ3n) is 6.16. The maximum atomic E-state index is 13.1. The van der Waals surface area contributed by atoms with E-state index in [0.717, 1.165) is 47.7 Å². The number of amides is 1. The molecule has 1 saturated carbocycles. The van der Waals surface area contributed by atoms with Gasteiger partial charge in [0.15, 0.2) is 0 Å². The van der Waals surface area contributed by atoms with Crippen LogP contribution in [0.4, 0.5) is 5.69 Å². The molecule has 1 amide bonds. The SMILES string of the molecule is Cc1c(C(=O)OC2CCCCC2)sc2ncn(CC(=O)Nc3ccc(S(=O)(=O)N(C)C)cc3)c(=O)c12. The van der Waals surface area contributed by atoms with Crippen molar-refractivity contribution in [3.63, 3.8) is 0 Å². The maximum absolute atomic E-state index is 13.1. The second-order valence-corrected chi connectivity index (χ2v) is 12.1. The van der Waals surface area contributed by atoms with Crippen LogP contribution in [0.5, 0.6) is 0 Å². The predicted molar refractivity (Wildman–Crippen MR) is 137 cm³/mol. The van der Waals surface area contributed by atoms with Gasteiger partial charge in [-0.05, 0) is 62.4 Å². The Bertz CT molecular complexity index is 1450. The van der Waals surface area contributed by atoms with E-state index in [0.29, 0.717) is 26.3 Å². The molecule has 4 rings (SSSR count). The number of esters is 1. The predicted octanol–water partition coefficient (Wildman–Crippen LogP) is 3.14. The average Bonchev–Trinajstić information content (AvgIpc) is 3.19. The lowest BCUT2D eigenvalue weighted by Crippen LogP contribution is -2.28. The van der Waals surface area contributed by atoms with Crippen LogP contribution in [-0.4, -0.2) is 54.3 Å². The van der Waals surface area contributed by atoms with Crippen LogP contribution in [0, 0.1) is 6.92 Å². The molecule has 192 valence electrons. The Kier molecular flexibility index (Phi) is 7.57. The summed E-state index contributed by atoms with van der Waals surface area (Å²) in [5.74, 6) is -0.919. The van der Waals surface area contributed by atoms with Gasteiger partial charge < -0.3 is 10.1 Å². The number of thiophene rings is 1. The van der Waals surface area contributed by atoms with Gasteiger partial charge in [0.05, 0.1) is 16.6 Å². The summed E-state index contributed by atoms with van der Waals surface area (Å²) < 4.78 is 32.3. The minimum Gasteiger partial charge on any atom is -0.458 e. The number of carbonyl (C=O) groups is 2. The van der Waals surface area contributed by atoms with Crippen molar-refractivity contribution in [2.45, 2.75) is 56.6 Å². The molecule has 0 aliphatic heterocycles. The third kappa shape index (κ3) is 5.35. The average molecular weight is 533 g/mol. The van der Waals surface area contributed by atoms with Crippen molar-refractivity contribution in [2.24, 2.45) is 0 Å². The fraction of sp³-hybridized carbons (Fsp3) is 0.417. The minimum absolute atomic E-state index is 0.0961. The summed E-state index contributed by atoms with van der Waals surface area (Å²) in [6.07, 6.45) is 6.11. The van der Waals surface area contributed by atoms with Gasteiger partial charge in [-0.15, -0.1) is 11.3 Å². The number of rotatable bonds is 7. The Morgan fingerprint density at radius 1 is 1.17 bits per heavy atom. The maximum Gasteiger partial charge on any atom is 0.348 e. The first-order chi connectivity index (χ1) is 17.1. The summed E-state index contributed by atoms with van der Waals surface area (Å²) in [5, 5.41) is 2.95. The van der Waals surface area contributed by atoms with Gasteiger partial charge in [0.1, 0.15) is 22.4 Å². The smallest absolute Gasteiger partial charge is 0.348 e. The molecule has 0 atom stereocenters. The summed E-state index contributed by atoms with van der Waals surface area (Å²) in [6.45, 7) is 1.39. The molecule has 2 aromatic heterocycles. The molecule has 1 aliphatic carbocycles. The van der Waals surface area contributed by atoms with E-state index in [1.165, 1.54) is 49.3 Å². The van der Waals surface area contributed by atoms with Crippen LogP contribution in [0.2, 0.25) is 0 Å². The zero-order valence-electron chi connectivity index (χ0n) is 20.3. The van der Waals surface area contributed by atoms with Gasteiger partial charge in [0.25, 0.3) is 5.56 Å². The molecule has 0 spiro atoms. The molecule has 10 nitrogen and oxygen atoms in total. The lowest BCUT2D eigenvalue weighted by Gasteiger charge is -2.21. The van der Waals surface area contributed by atoms with E-state index >= 15 is 0 Å². The van der Waals surface area contributed by atoms with E-state index < -0.39 is 27.5 Å². The fourth-order valence-corrected chi connectivity index (χ4v) is 6.05. The van der Waals surface area contributed by atoms with Crippen LogP contribution < -0.4 is 10.9 Å². The van der Waals surface area contributed by atoms with Gasteiger partial charge in [-0.25, -0.2) is 22.5 Å². The monoisotopic (exact) mass is 532 g/mol. The molecular weight excluding hydrogens is 504 g/mol. The first kappa shape index (κ1) is 26.0. The molecule has 12 heteroatoms. The third-order valence-corrected chi connectivity index (χ3v) is 9.17. The highest BCUT2D eigenvalue weighted by atomic mass is 32.2. The molecule has 1 aliphatic rings. The zero-order chi connectivity index (χ0) is 26.0. The van der Waals surface area contributed by atoms with Crippen molar-refractivity contribution < 1.29 is 22.7 Å². The number of sulfonamides is 1. The molecule has 0 unspecified atom stereocenters. The number of nitrogens with zero attached hydrogens (tertiary/aromatic N) is 3. The van der Waals surface area contributed by atoms with Crippen molar-refractivity contribution in [3.8, 4) is 0 Å². The fourth-order valence-electron chi connectivity index (χ4n) is 4.13. The number of fused-ring (bicyclic) bond motifs is 1. The highest BCUT2D eigenvalue weighted by Gasteiger charge is 2.24. The number of hydrogen-bond donors (Lipinski definition) is 1. The number of carbonyl (C=O) groups excluding carboxylic acids is 2. The summed E-state index contributed by atoms with van der Waals surface area (Å²) in [7, 11) is -0.707. The number of benzene rings is 1. The van der Waals surface area contributed by atoms with Crippen LogP contribution >= 0.6 is 11.3 Å². The Hall–Kier alpha value is -3.09. The Morgan fingerprint density at radius 3 is 2.47 bits per heavy atom. The normalized spacial score (nSPS) is 14.8. The van der Waals surface area contributed by atoms with E-state index in [4.69, 9.17) is 4.74 Å². The summed E-state index contributed by atoms with van der Waals surface area (Å²) in [4.78, 5) is 43.6. The Balaban J connectivity index is 1.49. The largest absolute Gasteiger partial charge is 0.458 e. The summed E-state index contributed by atoms with van der Waals surface area (Å²) in [6, 6.07) is 5.75. The number of anilines is 1. The number of aromatic nitrogens is 2. The summed E-state index contributed by atoms with van der Waals surface area (Å²) >= 11 is 1.12. The molecule has 1 fully saturated rings. The number of nitrogens with one attached hydrogen (secondary N) is 1. The van der Waals surface area contributed by atoms with Crippen molar-refractivity contribution in [1.82, 2.24) is 13.9 Å².